The molecule has 108 valence electrons. The molecule has 0 N–H and O–H groups in total. The smallest absolute Gasteiger partial charge is 0.196 e. The molecular formula is C18H18O3. The topological polar surface area (TPSA) is 35.5 Å². The van der Waals surface area contributed by atoms with E-state index in [0.717, 1.165) is 0 Å². The normalized spacial score (nSPS) is 10.6. The Morgan fingerprint density at radius 1 is 1.14 bits per heavy atom. The maximum atomic E-state index is 12.6. The van der Waals surface area contributed by atoms with Crippen LogP contribution < -0.4 is 9.47 Å². The van der Waals surface area contributed by atoms with Crippen molar-refractivity contribution in [2.75, 3.05) is 13.7 Å². The molecule has 2 rings (SSSR count). The lowest BCUT2D eigenvalue weighted by Crippen LogP contribution is -2.06. The molecule has 3 heteroatoms. The highest BCUT2D eigenvalue weighted by molar-refractivity contribution is 6.10. The summed E-state index contributed by atoms with van der Waals surface area (Å²) in [5.41, 5.74) is 1.17. The van der Waals surface area contributed by atoms with E-state index < -0.39 is 0 Å². The van der Waals surface area contributed by atoms with Crippen LogP contribution in [0.5, 0.6) is 11.5 Å². The third-order valence-electron chi connectivity index (χ3n) is 3.04. The second-order valence-corrected chi connectivity index (χ2v) is 4.44. The predicted molar refractivity (Wildman–Crippen MR) is 83.2 cm³/mol. The third kappa shape index (κ3) is 3.72. The molecule has 0 heterocycles. The number of benzene rings is 2. The molecule has 21 heavy (non-hydrogen) atoms. The molecule has 2 aromatic rings. The van der Waals surface area contributed by atoms with Crippen LogP contribution >= 0.6 is 0 Å². The van der Waals surface area contributed by atoms with E-state index in [4.69, 9.17) is 9.47 Å². The fourth-order valence-corrected chi connectivity index (χ4v) is 1.92. The summed E-state index contributed by atoms with van der Waals surface area (Å²) in [6.45, 7) is 2.34. The molecule has 0 aliphatic carbocycles. The minimum Gasteiger partial charge on any atom is -0.497 e. The number of ketones is 1. The number of methoxy groups -OCH3 is 1. The van der Waals surface area contributed by atoms with Gasteiger partial charge in [-0.3, -0.25) is 4.79 Å². The molecule has 0 unspecified atom stereocenters. The molecule has 0 aliphatic heterocycles. The molecule has 2 aromatic carbocycles. The summed E-state index contributed by atoms with van der Waals surface area (Å²) in [6, 6.07) is 14.4. The van der Waals surface area contributed by atoms with Crippen molar-refractivity contribution in [1.82, 2.24) is 0 Å². The molecule has 0 bridgehead atoms. The van der Waals surface area contributed by atoms with Crippen LogP contribution in [0.4, 0.5) is 0 Å². The third-order valence-corrected chi connectivity index (χ3v) is 3.04. The first-order chi connectivity index (χ1) is 10.3. The summed E-state index contributed by atoms with van der Waals surface area (Å²) in [5.74, 6) is 1.13. The highest BCUT2D eigenvalue weighted by Crippen LogP contribution is 2.27. The Labute approximate surface area is 124 Å². The zero-order valence-corrected chi connectivity index (χ0v) is 12.2. The van der Waals surface area contributed by atoms with Gasteiger partial charge in [-0.2, -0.15) is 0 Å². The highest BCUT2D eigenvalue weighted by atomic mass is 16.5. The summed E-state index contributed by atoms with van der Waals surface area (Å²) < 4.78 is 10.9. The van der Waals surface area contributed by atoms with Gasteiger partial charge >= 0.3 is 0 Å². The zero-order valence-electron chi connectivity index (χ0n) is 12.2. The Hall–Kier alpha value is -2.55. The maximum absolute atomic E-state index is 12.6. The van der Waals surface area contributed by atoms with Gasteiger partial charge < -0.3 is 9.47 Å². The zero-order chi connectivity index (χ0) is 15.1. The monoisotopic (exact) mass is 282 g/mol. The number of carbonyl (C=O) groups excluding carboxylic acids is 1. The first-order valence-electron chi connectivity index (χ1n) is 6.78. The number of rotatable bonds is 6. The predicted octanol–water partition coefficient (Wildman–Crippen LogP) is 3.88. The van der Waals surface area contributed by atoms with Crippen molar-refractivity contribution in [2.45, 2.75) is 6.92 Å². The number of hydrogen-bond acceptors (Lipinski definition) is 3. The van der Waals surface area contributed by atoms with Crippen LogP contribution in [0.3, 0.4) is 0 Å². The van der Waals surface area contributed by atoms with Crippen LogP contribution in [0.25, 0.3) is 0 Å². The van der Waals surface area contributed by atoms with Crippen LogP contribution in [-0.2, 0) is 0 Å². The van der Waals surface area contributed by atoms with Crippen molar-refractivity contribution in [1.29, 1.82) is 0 Å². The Morgan fingerprint density at radius 2 is 1.90 bits per heavy atom. The van der Waals surface area contributed by atoms with Gasteiger partial charge in [0, 0.05) is 11.6 Å². The van der Waals surface area contributed by atoms with E-state index in [1.165, 1.54) is 0 Å². The van der Waals surface area contributed by atoms with E-state index in [1.54, 1.807) is 37.4 Å². The van der Waals surface area contributed by atoms with E-state index in [-0.39, 0.29) is 5.78 Å². The summed E-state index contributed by atoms with van der Waals surface area (Å²) in [6.07, 6.45) is 3.79. The standard InChI is InChI=1S/C18H18O3/c1-3-4-12-21-17-13-15(20-2)10-11-16(17)18(19)14-8-6-5-7-9-14/h3-11,13H,12H2,1-2H3. The van der Waals surface area contributed by atoms with Crippen LogP contribution in [0.1, 0.15) is 22.8 Å². The molecular weight excluding hydrogens is 264 g/mol. The Kier molecular flexibility index (Phi) is 5.16. The second-order valence-electron chi connectivity index (χ2n) is 4.44. The largest absolute Gasteiger partial charge is 0.497 e. The Morgan fingerprint density at radius 3 is 2.57 bits per heavy atom. The van der Waals surface area contributed by atoms with E-state index in [1.807, 2.05) is 37.3 Å². The molecule has 0 saturated heterocycles. The van der Waals surface area contributed by atoms with Crippen molar-refractivity contribution >= 4 is 5.78 Å². The molecule has 0 aliphatic rings. The Bertz CT molecular complexity index is 630. The van der Waals surface area contributed by atoms with Crippen LogP contribution in [-0.4, -0.2) is 19.5 Å². The minimum atomic E-state index is -0.0614. The lowest BCUT2D eigenvalue weighted by atomic mass is 10.0. The summed E-state index contributed by atoms with van der Waals surface area (Å²) in [5, 5.41) is 0. The maximum Gasteiger partial charge on any atom is 0.196 e. The van der Waals surface area contributed by atoms with E-state index in [9.17, 15) is 4.79 Å². The van der Waals surface area contributed by atoms with Gasteiger partial charge in [-0.1, -0.05) is 42.5 Å². The first kappa shape index (κ1) is 14.9. The van der Waals surface area contributed by atoms with Gasteiger partial charge in [0.1, 0.15) is 18.1 Å². The van der Waals surface area contributed by atoms with Crippen molar-refractivity contribution in [3.63, 3.8) is 0 Å². The lowest BCUT2D eigenvalue weighted by Gasteiger charge is -2.11. The average molecular weight is 282 g/mol. The quantitative estimate of drug-likeness (QED) is 0.596. The van der Waals surface area contributed by atoms with Gasteiger partial charge in [0.25, 0.3) is 0 Å². The summed E-state index contributed by atoms with van der Waals surface area (Å²) >= 11 is 0. The van der Waals surface area contributed by atoms with Gasteiger partial charge in [-0.15, -0.1) is 0 Å². The summed E-state index contributed by atoms with van der Waals surface area (Å²) in [4.78, 5) is 12.6. The molecule has 0 amide bonds. The van der Waals surface area contributed by atoms with E-state index in [2.05, 4.69) is 0 Å². The molecule has 0 fully saturated rings. The van der Waals surface area contributed by atoms with Gasteiger partial charge in [-0.05, 0) is 19.1 Å². The second kappa shape index (κ2) is 7.29. The molecule has 0 saturated carbocycles. The average Bonchev–Trinajstić information content (AvgIpc) is 2.55. The van der Waals surface area contributed by atoms with Gasteiger partial charge in [0.2, 0.25) is 0 Å². The fraction of sp³-hybridized carbons (Fsp3) is 0.167. The molecule has 0 aromatic heterocycles. The minimum absolute atomic E-state index is 0.0614. The van der Waals surface area contributed by atoms with Crippen LogP contribution in [0, 0.1) is 0 Å². The van der Waals surface area contributed by atoms with Crippen molar-refractivity contribution in [3.8, 4) is 11.5 Å². The van der Waals surface area contributed by atoms with Gasteiger partial charge in [-0.25, -0.2) is 0 Å². The van der Waals surface area contributed by atoms with Gasteiger partial charge in [0.05, 0.1) is 12.7 Å². The van der Waals surface area contributed by atoms with Gasteiger partial charge in [0.15, 0.2) is 5.78 Å². The van der Waals surface area contributed by atoms with Crippen LogP contribution in [0.15, 0.2) is 60.7 Å². The molecule has 0 radical (unpaired) electrons. The molecule has 0 spiro atoms. The fourth-order valence-electron chi connectivity index (χ4n) is 1.92. The van der Waals surface area contributed by atoms with Crippen molar-refractivity contribution in [2.24, 2.45) is 0 Å². The summed E-state index contributed by atoms with van der Waals surface area (Å²) in [7, 11) is 1.59. The molecule has 0 atom stereocenters. The number of ether oxygens (including phenoxy) is 2. The highest BCUT2D eigenvalue weighted by Gasteiger charge is 2.15. The Balaban J connectivity index is 2.35. The van der Waals surface area contributed by atoms with Crippen LogP contribution in [0.2, 0.25) is 0 Å². The SMILES string of the molecule is CC=CCOc1cc(OC)ccc1C(=O)c1ccccc1. The molecule has 3 nitrogen and oxygen atoms in total. The van der Waals surface area contributed by atoms with E-state index >= 15 is 0 Å². The number of allylic oxidation sites excluding steroid dienone is 1. The lowest BCUT2D eigenvalue weighted by molar-refractivity contribution is 0.103. The van der Waals surface area contributed by atoms with Crippen molar-refractivity contribution < 1.29 is 14.3 Å². The van der Waals surface area contributed by atoms with E-state index in [0.29, 0.717) is 29.2 Å². The van der Waals surface area contributed by atoms with Crippen molar-refractivity contribution in [3.05, 3.63) is 71.8 Å². The number of hydrogen-bond donors (Lipinski definition) is 0. The first-order valence-corrected chi connectivity index (χ1v) is 6.78. The number of carbonyl (C=O) groups is 1.